The molecule has 172 valence electrons. The maximum Gasteiger partial charge on any atom is 0.279 e. The highest BCUT2D eigenvalue weighted by Crippen LogP contribution is 2.32. The minimum atomic E-state index is -0.474. The van der Waals surface area contributed by atoms with Crippen LogP contribution in [0.3, 0.4) is 0 Å². The van der Waals surface area contributed by atoms with E-state index in [1.54, 1.807) is 42.5 Å². The Morgan fingerprint density at radius 1 is 1.03 bits per heavy atom. The van der Waals surface area contributed by atoms with Crippen molar-refractivity contribution in [2.24, 2.45) is 0 Å². The van der Waals surface area contributed by atoms with E-state index in [1.165, 1.54) is 12.0 Å². The number of rotatable bonds is 6. The van der Waals surface area contributed by atoms with Gasteiger partial charge in [0.25, 0.3) is 17.7 Å². The summed E-state index contributed by atoms with van der Waals surface area (Å²) < 4.78 is 5.26. The largest absolute Gasteiger partial charge is 0.495 e. The molecule has 2 aromatic rings. The van der Waals surface area contributed by atoms with Crippen molar-refractivity contribution in [1.29, 1.82) is 0 Å². The molecule has 33 heavy (non-hydrogen) atoms. The lowest BCUT2D eigenvalue weighted by Crippen LogP contribution is -2.42. The predicted molar refractivity (Wildman–Crippen MR) is 128 cm³/mol. The Balaban J connectivity index is 1.51. The van der Waals surface area contributed by atoms with Gasteiger partial charge in [0, 0.05) is 22.3 Å². The first kappa shape index (κ1) is 23.1. The third kappa shape index (κ3) is 4.84. The SMILES string of the molecule is COc1ccc(Cl)cc1NC(=O)c1cccc(NC2=C(Cl)C(=O)N(C3CCCCC3)C2=O)c1. The summed E-state index contributed by atoms with van der Waals surface area (Å²) in [6.07, 6.45) is 4.65. The van der Waals surface area contributed by atoms with Crippen molar-refractivity contribution in [3.63, 3.8) is 0 Å². The van der Waals surface area contributed by atoms with Gasteiger partial charge in [0.1, 0.15) is 16.5 Å². The van der Waals surface area contributed by atoms with E-state index in [-0.39, 0.29) is 16.8 Å². The second kappa shape index (κ2) is 9.85. The molecule has 2 aromatic carbocycles. The van der Waals surface area contributed by atoms with Crippen molar-refractivity contribution in [3.05, 3.63) is 63.8 Å². The minimum Gasteiger partial charge on any atom is -0.495 e. The van der Waals surface area contributed by atoms with E-state index in [0.717, 1.165) is 32.1 Å². The number of anilines is 2. The second-order valence-electron chi connectivity index (χ2n) is 7.97. The summed E-state index contributed by atoms with van der Waals surface area (Å²) >= 11 is 12.3. The van der Waals surface area contributed by atoms with Crippen LogP contribution < -0.4 is 15.4 Å². The van der Waals surface area contributed by atoms with E-state index in [1.807, 2.05) is 0 Å². The molecule has 1 saturated carbocycles. The van der Waals surface area contributed by atoms with Crippen molar-refractivity contribution >= 4 is 52.3 Å². The molecule has 0 radical (unpaired) electrons. The molecule has 0 saturated heterocycles. The van der Waals surface area contributed by atoms with Gasteiger partial charge in [-0.2, -0.15) is 0 Å². The van der Waals surface area contributed by atoms with Crippen molar-refractivity contribution in [2.45, 2.75) is 38.1 Å². The van der Waals surface area contributed by atoms with Crippen LogP contribution in [0.4, 0.5) is 11.4 Å². The van der Waals surface area contributed by atoms with Crippen LogP contribution in [0.25, 0.3) is 0 Å². The van der Waals surface area contributed by atoms with Gasteiger partial charge in [-0.05, 0) is 49.2 Å². The van der Waals surface area contributed by atoms with E-state index < -0.39 is 17.7 Å². The van der Waals surface area contributed by atoms with E-state index in [9.17, 15) is 14.4 Å². The fourth-order valence-corrected chi connectivity index (χ4v) is 4.54. The van der Waals surface area contributed by atoms with E-state index in [4.69, 9.17) is 27.9 Å². The topological polar surface area (TPSA) is 87.7 Å². The molecule has 2 N–H and O–H groups in total. The maximum atomic E-state index is 13.0. The van der Waals surface area contributed by atoms with Gasteiger partial charge >= 0.3 is 0 Å². The van der Waals surface area contributed by atoms with Crippen LogP contribution in [0.5, 0.6) is 5.75 Å². The summed E-state index contributed by atoms with van der Waals surface area (Å²) in [5, 5.41) is 6.03. The summed E-state index contributed by atoms with van der Waals surface area (Å²) in [7, 11) is 1.50. The molecule has 0 spiro atoms. The van der Waals surface area contributed by atoms with Crippen molar-refractivity contribution in [1.82, 2.24) is 4.90 Å². The van der Waals surface area contributed by atoms with Crippen LogP contribution in [0.2, 0.25) is 5.02 Å². The molecule has 9 heteroatoms. The maximum absolute atomic E-state index is 13.0. The third-order valence-corrected chi connectivity index (χ3v) is 6.39. The molecule has 0 atom stereocenters. The number of amides is 3. The number of carbonyl (C=O) groups excluding carboxylic acids is 3. The molecule has 4 rings (SSSR count). The highest BCUT2D eigenvalue weighted by atomic mass is 35.5. The Hall–Kier alpha value is -3.03. The average Bonchev–Trinajstić information content (AvgIpc) is 3.03. The Labute approximate surface area is 201 Å². The zero-order chi connectivity index (χ0) is 23.5. The summed E-state index contributed by atoms with van der Waals surface area (Å²) in [6.45, 7) is 0. The van der Waals surface area contributed by atoms with Crippen LogP contribution in [-0.2, 0) is 9.59 Å². The summed E-state index contributed by atoms with van der Waals surface area (Å²) in [5.41, 5.74) is 1.25. The molecule has 1 fully saturated rings. The highest BCUT2D eigenvalue weighted by molar-refractivity contribution is 6.48. The Bertz CT molecular complexity index is 1140. The Kier molecular flexibility index (Phi) is 6.91. The van der Waals surface area contributed by atoms with E-state index >= 15 is 0 Å². The lowest BCUT2D eigenvalue weighted by Gasteiger charge is -2.29. The normalized spacial score (nSPS) is 16.9. The van der Waals surface area contributed by atoms with Crippen LogP contribution in [0.15, 0.2) is 53.2 Å². The molecule has 3 amide bonds. The zero-order valence-electron chi connectivity index (χ0n) is 18.0. The number of halogens is 2. The molecule has 1 aliphatic carbocycles. The fourth-order valence-electron chi connectivity index (χ4n) is 4.15. The van der Waals surface area contributed by atoms with Gasteiger partial charge < -0.3 is 15.4 Å². The van der Waals surface area contributed by atoms with Gasteiger partial charge in [0.15, 0.2) is 0 Å². The first-order valence-electron chi connectivity index (χ1n) is 10.7. The first-order valence-corrected chi connectivity index (χ1v) is 11.4. The number of nitrogens with one attached hydrogen (secondary N) is 2. The number of ether oxygens (including phenoxy) is 1. The van der Waals surface area contributed by atoms with Gasteiger partial charge in [0.2, 0.25) is 0 Å². The number of methoxy groups -OCH3 is 1. The third-order valence-electron chi connectivity index (χ3n) is 5.80. The summed E-state index contributed by atoms with van der Waals surface area (Å²) in [4.78, 5) is 39.7. The predicted octanol–water partition coefficient (Wildman–Crippen LogP) is 5.16. The second-order valence-corrected chi connectivity index (χ2v) is 8.78. The van der Waals surface area contributed by atoms with Crippen molar-refractivity contribution < 1.29 is 19.1 Å². The van der Waals surface area contributed by atoms with Crippen molar-refractivity contribution in [3.8, 4) is 5.75 Å². The van der Waals surface area contributed by atoms with Crippen LogP contribution in [0.1, 0.15) is 42.5 Å². The summed E-state index contributed by atoms with van der Waals surface area (Å²) in [6, 6.07) is 11.3. The lowest BCUT2D eigenvalue weighted by molar-refractivity contribution is -0.140. The number of imide groups is 1. The van der Waals surface area contributed by atoms with Gasteiger partial charge in [-0.25, -0.2) is 0 Å². The molecule has 0 bridgehead atoms. The average molecular weight is 488 g/mol. The number of benzene rings is 2. The minimum absolute atomic E-state index is 0.0290. The Morgan fingerprint density at radius 2 is 1.79 bits per heavy atom. The van der Waals surface area contributed by atoms with E-state index in [2.05, 4.69) is 10.6 Å². The molecular formula is C24H23Cl2N3O4. The van der Waals surface area contributed by atoms with Gasteiger partial charge in [-0.3, -0.25) is 19.3 Å². The lowest BCUT2D eigenvalue weighted by atomic mass is 9.94. The van der Waals surface area contributed by atoms with Gasteiger partial charge in [-0.15, -0.1) is 0 Å². The molecule has 1 heterocycles. The van der Waals surface area contributed by atoms with Gasteiger partial charge in [0.05, 0.1) is 12.8 Å². The number of hydrogen-bond acceptors (Lipinski definition) is 5. The highest BCUT2D eigenvalue weighted by Gasteiger charge is 2.42. The molecular weight excluding hydrogens is 465 g/mol. The Morgan fingerprint density at radius 3 is 2.52 bits per heavy atom. The molecule has 0 aromatic heterocycles. The van der Waals surface area contributed by atoms with E-state index in [0.29, 0.717) is 27.7 Å². The van der Waals surface area contributed by atoms with Crippen molar-refractivity contribution in [2.75, 3.05) is 17.7 Å². The zero-order valence-corrected chi connectivity index (χ0v) is 19.5. The quantitative estimate of drug-likeness (QED) is 0.549. The molecule has 1 aliphatic heterocycles. The van der Waals surface area contributed by atoms with Crippen LogP contribution >= 0.6 is 23.2 Å². The van der Waals surface area contributed by atoms with Gasteiger partial charge in [-0.1, -0.05) is 48.5 Å². The molecule has 0 unspecified atom stereocenters. The monoisotopic (exact) mass is 487 g/mol. The standard InChI is InChI=1S/C24H23Cl2N3O4/c1-33-19-11-10-15(25)13-18(19)28-22(30)14-6-5-7-16(12-14)27-21-20(26)23(31)29(24(21)32)17-8-3-2-4-9-17/h5-7,10-13,17,27H,2-4,8-9H2,1H3,(H,28,30). The molecule has 7 nitrogen and oxygen atoms in total. The van der Waals surface area contributed by atoms with Crippen LogP contribution in [-0.4, -0.2) is 35.8 Å². The number of carbonyl (C=O) groups is 3. The smallest absolute Gasteiger partial charge is 0.279 e. The number of nitrogens with zero attached hydrogens (tertiary/aromatic N) is 1. The number of hydrogen-bond donors (Lipinski definition) is 2. The molecule has 2 aliphatic rings. The fraction of sp³-hybridized carbons (Fsp3) is 0.292. The van der Waals surface area contributed by atoms with Crippen LogP contribution in [0, 0.1) is 0 Å². The summed E-state index contributed by atoms with van der Waals surface area (Å²) in [5.74, 6) is -0.831. The first-order chi connectivity index (χ1) is 15.9.